The highest BCUT2D eigenvalue weighted by Crippen LogP contribution is 2.31. The van der Waals surface area contributed by atoms with Crippen LogP contribution in [-0.2, 0) is 19.6 Å². The van der Waals surface area contributed by atoms with Gasteiger partial charge in [0.15, 0.2) is 5.75 Å². The largest absolute Gasteiger partial charge is 0.508 e. The Morgan fingerprint density at radius 3 is 1.49 bits per heavy atom. The molecule has 0 radical (unpaired) electrons. The number of nitro benzene ring substituents is 1. The van der Waals surface area contributed by atoms with Gasteiger partial charge in [0.1, 0.15) is 22.8 Å². The van der Waals surface area contributed by atoms with Crippen LogP contribution in [0.3, 0.4) is 0 Å². The second-order valence-electron chi connectivity index (χ2n) is 13.1. The van der Waals surface area contributed by atoms with Crippen molar-refractivity contribution in [3.8, 4) is 23.0 Å². The second kappa shape index (κ2) is 20.3. The van der Waals surface area contributed by atoms with Gasteiger partial charge in [0.05, 0.1) is 10.6 Å². The number of nitrogens with two attached hydrogens (primary N) is 1. The number of aromatic carboxylic acids is 1. The zero-order valence-corrected chi connectivity index (χ0v) is 31.2. The molecule has 0 aromatic heterocycles. The second-order valence-corrected chi connectivity index (χ2v) is 13.1. The lowest BCUT2D eigenvalue weighted by Gasteiger charge is -2.13. The molecule has 7 N–H and O–H groups in total. The highest BCUT2D eigenvalue weighted by molar-refractivity contribution is 5.90. The third kappa shape index (κ3) is 15.4. The van der Waals surface area contributed by atoms with E-state index >= 15 is 0 Å². The van der Waals surface area contributed by atoms with Crippen molar-refractivity contribution in [1.29, 1.82) is 0 Å². The minimum Gasteiger partial charge on any atom is -0.508 e. The molecule has 4 aromatic carbocycles. The Bertz CT molecular complexity index is 1770. The van der Waals surface area contributed by atoms with E-state index in [9.17, 15) is 30.2 Å². The predicted molar refractivity (Wildman–Crippen MR) is 202 cm³/mol. The molecule has 0 aliphatic carbocycles. The van der Waals surface area contributed by atoms with E-state index in [1.54, 1.807) is 38.1 Å². The van der Waals surface area contributed by atoms with Crippen LogP contribution in [0.4, 0.5) is 11.4 Å². The van der Waals surface area contributed by atoms with Crippen LogP contribution in [0.15, 0.2) is 60.7 Å². The third-order valence-corrected chi connectivity index (χ3v) is 6.95. The average molecular weight is 708 g/mol. The van der Waals surface area contributed by atoms with Gasteiger partial charge in [-0.2, -0.15) is 0 Å². The fourth-order valence-electron chi connectivity index (χ4n) is 4.78. The summed E-state index contributed by atoms with van der Waals surface area (Å²) in [4.78, 5) is 26.4. The fraction of sp³-hybridized carbons (Fsp3) is 0.342. The van der Waals surface area contributed by atoms with Gasteiger partial charge in [-0.1, -0.05) is 41.5 Å². The van der Waals surface area contributed by atoms with Gasteiger partial charge in [0, 0.05) is 42.4 Å². The lowest BCUT2D eigenvalue weighted by Crippen LogP contribution is -2.11. The Hall–Kier alpha value is -5.37. The van der Waals surface area contributed by atoms with Crippen LogP contribution >= 0.6 is 0 Å². The Morgan fingerprint density at radius 1 is 0.627 bits per heavy atom. The number of carboxylic acid groups (broad SMARTS) is 1. The SMILES string of the molecule is Cc1cc(CN(C)C)c(O)c([N+](=O)[O-])c1.Cc1cc(N)c(O)c(CN(C)C)c1.Cc1ccc(O)c(C(=O)O)c1.Cc1ccc(O)c(CN(C)C)c1. The van der Waals surface area contributed by atoms with Crippen molar-refractivity contribution in [2.24, 2.45) is 0 Å². The minimum absolute atomic E-state index is 0.0509. The van der Waals surface area contributed by atoms with E-state index in [0.29, 0.717) is 30.1 Å². The quantitative estimate of drug-likeness (QED) is 0.0528. The van der Waals surface area contributed by atoms with Gasteiger partial charge in [0.2, 0.25) is 0 Å². The molecule has 0 spiro atoms. The zero-order chi connectivity index (χ0) is 39.2. The molecule has 13 heteroatoms. The molecule has 0 unspecified atom stereocenters. The lowest BCUT2D eigenvalue weighted by molar-refractivity contribution is -0.386. The zero-order valence-electron chi connectivity index (χ0n) is 31.2. The lowest BCUT2D eigenvalue weighted by atomic mass is 10.1. The summed E-state index contributed by atoms with van der Waals surface area (Å²) in [6.45, 7) is 9.50. The van der Waals surface area contributed by atoms with Gasteiger partial charge in [0.25, 0.3) is 0 Å². The number of phenolic OH excluding ortho intramolecular Hbond substituents is 3. The van der Waals surface area contributed by atoms with E-state index in [-0.39, 0.29) is 28.5 Å². The van der Waals surface area contributed by atoms with Crippen molar-refractivity contribution >= 4 is 17.3 Å². The first-order chi connectivity index (χ1) is 23.6. The maximum atomic E-state index is 10.6. The maximum Gasteiger partial charge on any atom is 0.339 e. The molecule has 0 fully saturated rings. The summed E-state index contributed by atoms with van der Waals surface area (Å²) >= 11 is 0. The van der Waals surface area contributed by atoms with Crippen LogP contribution in [0, 0.1) is 37.8 Å². The standard InChI is InChI=1S/C10H14N2O3.C10H16N2O.C10H15NO.C8H8O3/c1-7-4-8(6-11(2)3)10(13)9(5-7)12(14)15;1-7-4-8(6-12(2)3)10(13)9(11)5-7;1-8-4-5-10(12)9(6-8)7-11(2)3;1-5-2-3-7(9)6(4-5)8(10)11/h4-5,13H,6H2,1-3H3;4-5,13H,6,11H2,1-3H3;4-6,12H,7H2,1-3H3;2-4,9H,1H3,(H,10,11). The molecule has 4 aromatic rings. The average Bonchev–Trinajstić information content (AvgIpc) is 3.00. The molecule has 0 bridgehead atoms. The molecular formula is C38H53N5O8. The normalized spacial score (nSPS) is 10.5. The number of nitro groups is 1. The first-order valence-electron chi connectivity index (χ1n) is 15.9. The van der Waals surface area contributed by atoms with Crippen molar-refractivity contribution in [2.75, 3.05) is 48.0 Å². The number of rotatable bonds is 8. The number of benzene rings is 4. The summed E-state index contributed by atoms with van der Waals surface area (Å²) in [5.41, 5.74) is 12.1. The van der Waals surface area contributed by atoms with E-state index in [1.807, 2.05) is 89.0 Å². The number of carboxylic acids is 1. The molecule has 0 aliphatic heterocycles. The molecular weight excluding hydrogens is 654 g/mol. The monoisotopic (exact) mass is 707 g/mol. The Balaban J connectivity index is 0.000000342. The molecule has 0 saturated heterocycles. The Morgan fingerprint density at radius 2 is 1.04 bits per heavy atom. The molecule has 51 heavy (non-hydrogen) atoms. The molecule has 0 aliphatic rings. The van der Waals surface area contributed by atoms with Crippen molar-refractivity contribution in [1.82, 2.24) is 14.7 Å². The third-order valence-electron chi connectivity index (χ3n) is 6.95. The minimum atomic E-state index is -1.11. The molecule has 0 saturated carbocycles. The van der Waals surface area contributed by atoms with Crippen LogP contribution < -0.4 is 5.73 Å². The van der Waals surface area contributed by atoms with Gasteiger partial charge >= 0.3 is 11.7 Å². The van der Waals surface area contributed by atoms with Gasteiger partial charge < -0.3 is 46.0 Å². The number of nitrogen functional groups attached to an aromatic ring is 1. The number of aromatic hydroxyl groups is 4. The Kier molecular flexibility index (Phi) is 17.4. The van der Waals surface area contributed by atoms with Crippen LogP contribution in [0.5, 0.6) is 23.0 Å². The Labute approximate surface area is 300 Å². The smallest absolute Gasteiger partial charge is 0.339 e. The number of phenols is 4. The van der Waals surface area contributed by atoms with Crippen molar-refractivity contribution in [2.45, 2.75) is 47.3 Å². The first-order valence-corrected chi connectivity index (χ1v) is 15.9. The molecule has 278 valence electrons. The number of carbonyl (C=O) groups is 1. The summed E-state index contributed by atoms with van der Waals surface area (Å²) in [6, 6.07) is 17.0. The molecule has 13 nitrogen and oxygen atoms in total. The van der Waals surface area contributed by atoms with Crippen molar-refractivity contribution < 1.29 is 35.3 Å². The maximum absolute atomic E-state index is 10.6. The van der Waals surface area contributed by atoms with Crippen LogP contribution in [0.2, 0.25) is 0 Å². The number of hydrogen-bond acceptors (Lipinski definition) is 11. The summed E-state index contributed by atoms with van der Waals surface area (Å²) in [7, 11) is 11.6. The van der Waals surface area contributed by atoms with Crippen LogP contribution in [0.1, 0.15) is 49.3 Å². The molecule has 4 rings (SSSR count). The summed E-state index contributed by atoms with van der Waals surface area (Å²) in [5.74, 6) is -0.942. The van der Waals surface area contributed by atoms with Crippen molar-refractivity contribution in [3.63, 3.8) is 0 Å². The predicted octanol–water partition coefficient (Wildman–Crippen LogP) is 6.18. The summed E-state index contributed by atoms with van der Waals surface area (Å²) in [5, 5.41) is 56.9. The molecule has 0 atom stereocenters. The van der Waals surface area contributed by atoms with Gasteiger partial charge in [-0.25, -0.2) is 4.79 Å². The van der Waals surface area contributed by atoms with Gasteiger partial charge in [-0.3, -0.25) is 10.1 Å². The van der Waals surface area contributed by atoms with E-state index in [2.05, 4.69) is 0 Å². The highest BCUT2D eigenvalue weighted by atomic mass is 16.6. The number of anilines is 1. The van der Waals surface area contributed by atoms with Gasteiger partial charge in [-0.05, 0) is 105 Å². The van der Waals surface area contributed by atoms with E-state index in [4.69, 9.17) is 15.9 Å². The highest BCUT2D eigenvalue weighted by Gasteiger charge is 2.18. The first kappa shape index (κ1) is 43.7. The fourth-order valence-corrected chi connectivity index (χ4v) is 4.78. The topological polar surface area (TPSA) is 197 Å². The summed E-state index contributed by atoms with van der Waals surface area (Å²) in [6.07, 6.45) is 0. The van der Waals surface area contributed by atoms with Gasteiger partial charge in [-0.15, -0.1) is 0 Å². The molecule has 0 heterocycles. The van der Waals surface area contributed by atoms with Crippen LogP contribution in [-0.4, -0.2) is 93.4 Å². The van der Waals surface area contributed by atoms with E-state index in [0.717, 1.165) is 34.4 Å². The number of hydrogen-bond donors (Lipinski definition) is 6. The van der Waals surface area contributed by atoms with E-state index in [1.165, 1.54) is 23.8 Å². The number of aryl methyl sites for hydroxylation is 4. The summed E-state index contributed by atoms with van der Waals surface area (Å²) < 4.78 is 0. The molecule has 0 amide bonds. The number of nitrogens with zero attached hydrogens (tertiary/aromatic N) is 4. The van der Waals surface area contributed by atoms with Crippen molar-refractivity contribution in [3.05, 3.63) is 115 Å². The van der Waals surface area contributed by atoms with Crippen LogP contribution in [0.25, 0.3) is 0 Å². The van der Waals surface area contributed by atoms with E-state index < -0.39 is 10.9 Å².